The molecule has 3 N–H and O–H groups in total. The summed E-state index contributed by atoms with van der Waals surface area (Å²) < 4.78 is 23.1. The lowest BCUT2D eigenvalue weighted by molar-refractivity contribution is -0.111. The Morgan fingerprint density at radius 1 is 1.15 bits per heavy atom. The van der Waals surface area contributed by atoms with Crippen molar-refractivity contribution < 1.29 is 13.2 Å². The van der Waals surface area contributed by atoms with Crippen LogP contribution in [0.5, 0.6) is 0 Å². The van der Waals surface area contributed by atoms with Gasteiger partial charge in [0, 0.05) is 30.2 Å². The van der Waals surface area contributed by atoms with E-state index in [1.807, 2.05) is 0 Å². The minimum Gasteiger partial charge on any atom is -0.376 e. The number of carbonyl (C=O) groups is 1. The van der Waals surface area contributed by atoms with Crippen LogP contribution in [0, 0.1) is 0 Å². The van der Waals surface area contributed by atoms with Gasteiger partial charge in [0.05, 0.1) is 16.3 Å². The maximum atomic E-state index is 12.2. The average Bonchev–Trinajstić information content (AvgIpc) is 2.52. The number of nitrogens with one attached hydrogen (secondary N) is 1. The highest BCUT2D eigenvalue weighted by Gasteiger charge is 2.14. The van der Waals surface area contributed by atoms with Gasteiger partial charge in [0.15, 0.2) is 0 Å². The fourth-order valence-corrected chi connectivity index (χ4v) is 3.17. The maximum Gasteiger partial charge on any atom is 0.248 e. The van der Waals surface area contributed by atoms with Crippen molar-refractivity contribution in [3.63, 3.8) is 0 Å². The molecule has 1 amide bonds. The molecule has 0 aliphatic heterocycles. The van der Waals surface area contributed by atoms with Gasteiger partial charge in [0.2, 0.25) is 15.9 Å². The van der Waals surface area contributed by atoms with Crippen LogP contribution in [0.4, 0.5) is 11.4 Å². The van der Waals surface area contributed by atoms with Crippen molar-refractivity contribution in [2.24, 2.45) is 5.14 Å². The van der Waals surface area contributed by atoms with E-state index in [1.54, 1.807) is 43.3 Å². The van der Waals surface area contributed by atoms with E-state index in [9.17, 15) is 13.2 Å². The van der Waals surface area contributed by atoms with Gasteiger partial charge in [-0.2, -0.15) is 0 Å². The summed E-state index contributed by atoms with van der Waals surface area (Å²) in [6.07, 6.45) is 2.82. The molecular formula is C17H17Cl2N3O3S. The molecular weight excluding hydrogens is 397 g/mol. The fraction of sp³-hybridized carbons (Fsp3) is 0.118. The Labute approximate surface area is 162 Å². The zero-order valence-electron chi connectivity index (χ0n) is 14.0. The Morgan fingerprint density at radius 3 is 2.42 bits per heavy atom. The zero-order valence-corrected chi connectivity index (χ0v) is 16.4. The second-order valence-electron chi connectivity index (χ2n) is 5.61. The third kappa shape index (κ3) is 5.22. The van der Waals surface area contributed by atoms with Gasteiger partial charge in [-0.15, -0.1) is 0 Å². The summed E-state index contributed by atoms with van der Waals surface area (Å²) in [7, 11) is -0.349. The van der Waals surface area contributed by atoms with Crippen LogP contribution in [0.3, 0.4) is 0 Å². The number of primary sulfonamides is 1. The molecule has 0 atom stereocenters. The summed E-state index contributed by atoms with van der Waals surface area (Å²) in [5.41, 5.74) is 1.57. The van der Waals surface area contributed by atoms with Gasteiger partial charge in [-0.1, -0.05) is 29.3 Å². The number of nitrogens with two attached hydrogens (primary N) is 1. The largest absolute Gasteiger partial charge is 0.376 e. The van der Waals surface area contributed by atoms with Gasteiger partial charge < -0.3 is 10.2 Å². The van der Waals surface area contributed by atoms with Crippen molar-refractivity contribution >= 4 is 56.6 Å². The smallest absolute Gasteiger partial charge is 0.248 e. The number of carbonyl (C=O) groups excluding carboxylic acids is 1. The predicted octanol–water partition coefficient (Wildman–Crippen LogP) is 3.36. The number of anilines is 2. The molecule has 0 aliphatic carbocycles. The van der Waals surface area contributed by atoms with Gasteiger partial charge in [-0.05, 0) is 42.0 Å². The summed E-state index contributed by atoms with van der Waals surface area (Å²) in [5, 5.41) is 8.70. The molecule has 6 nitrogen and oxygen atoms in total. The Kier molecular flexibility index (Phi) is 6.30. The van der Waals surface area contributed by atoms with Crippen LogP contribution < -0.4 is 15.4 Å². The number of halogens is 2. The SMILES string of the molecule is CN(C)c1ccc(S(N)(=O)=O)cc1NC(=O)/C=C/c1ccc(Cl)cc1Cl. The lowest BCUT2D eigenvalue weighted by Crippen LogP contribution is -2.17. The molecule has 0 aliphatic rings. The third-order valence-electron chi connectivity index (χ3n) is 3.41. The Bertz CT molecular complexity index is 973. The molecule has 0 heterocycles. The van der Waals surface area contributed by atoms with Crippen LogP contribution in [0.15, 0.2) is 47.4 Å². The summed E-state index contributed by atoms with van der Waals surface area (Å²) in [6.45, 7) is 0. The van der Waals surface area contributed by atoms with E-state index in [2.05, 4.69) is 5.32 Å². The van der Waals surface area contributed by atoms with Crippen molar-refractivity contribution in [1.82, 2.24) is 0 Å². The molecule has 0 fully saturated rings. The quantitative estimate of drug-likeness (QED) is 0.734. The molecule has 0 saturated carbocycles. The zero-order chi connectivity index (χ0) is 19.5. The summed E-state index contributed by atoms with van der Waals surface area (Å²) in [5.74, 6) is -0.453. The first-order chi connectivity index (χ1) is 12.1. The Hall–Kier alpha value is -2.06. The van der Waals surface area contributed by atoms with E-state index in [-0.39, 0.29) is 4.90 Å². The maximum absolute atomic E-state index is 12.2. The second-order valence-corrected chi connectivity index (χ2v) is 8.01. The number of sulfonamides is 1. The lowest BCUT2D eigenvalue weighted by atomic mass is 10.2. The lowest BCUT2D eigenvalue weighted by Gasteiger charge is -2.18. The number of benzene rings is 2. The average molecular weight is 414 g/mol. The van der Waals surface area contributed by atoms with Crippen LogP contribution in [-0.4, -0.2) is 28.4 Å². The fourth-order valence-electron chi connectivity index (χ4n) is 2.16. The molecule has 0 spiro atoms. The first-order valence-corrected chi connectivity index (χ1v) is 9.66. The highest BCUT2D eigenvalue weighted by Crippen LogP contribution is 2.27. The predicted molar refractivity (Wildman–Crippen MR) is 106 cm³/mol. The van der Waals surface area contributed by atoms with Gasteiger partial charge in [0.1, 0.15) is 0 Å². The first kappa shape index (κ1) is 20.3. The molecule has 0 unspecified atom stereocenters. The van der Waals surface area contributed by atoms with Crippen LogP contribution >= 0.6 is 23.2 Å². The minimum absolute atomic E-state index is 0.0943. The van der Waals surface area contributed by atoms with E-state index in [0.717, 1.165) is 0 Å². The van der Waals surface area contributed by atoms with Crippen molar-refractivity contribution in [3.8, 4) is 0 Å². The molecule has 2 rings (SSSR count). The van der Waals surface area contributed by atoms with E-state index in [4.69, 9.17) is 28.3 Å². The Balaban J connectivity index is 2.28. The number of hydrogen-bond donors (Lipinski definition) is 2. The monoisotopic (exact) mass is 413 g/mol. The van der Waals surface area contributed by atoms with E-state index < -0.39 is 15.9 Å². The molecule has 0 saturated heterocycles. The van der Waals surface area contributed by atoms with Gasteiger partial charge >= 0.3 is 0 Å². The summed E-state index contributed by atoms with van der Waals surface area (Å²) >= 11 is 11.9. The van der Waals surface area contributed by atoms with Gasteiger partial charge in [-0.25, -0.2) is 13.6 Å². The molecule has 26 heavy (non-hydrogen) atoms. The molecule has 138 valence electrons. The van der Waals surface area contributed by atoms with Crippen LogP contribution in [0.25, 0.3) is 6.08 Å². The molecule has 2 aromatic rings. The summed E-state index contributed by atoms with van der Waals surface area (Å²) in [4.78, 5) is 13.9. The van der Waals surface area contributed by atoms with E-state index in [1.165, 1.54) is 24.3 Å². The van der Waals surface area contributed by atoms with Crippen LogP contribution in [-0.2, 0) is 14.8 Å². The second kappa shape index (κ2) is 8.09. The molecule has 9 heteroatoms. The topological polar surface area (TPSA) is 92.5 Å². The number of hydrogen-bond acceptors (Lipinski definition) is 4. The third-order valence-corrected chi connectivity index (χ3v) is 4.89. The van der Waals surface area contributed by atoms with Crippen molar-refractivity contribution in [2.45, 2.75) is 4.90 Å². The van der Waals surface area contributed by atoms with Crippen LogP contribution in [0.1, 0.15) is 5.56 Å². The van der Waals surface area contributed by atoms with Gasteiger partial charge in [0.25, 0.3) is 0 Å². The Morgan fingerprint density at radius 2 is 1.85 bits per heavy atom. The highest BCUT2D eigenvalue weighted by molar-refractivity contribution is 7.89. The van der Waals surface area contributed by atoms with Crippen molar-refractivity contribution in [1.29, 1.82) is 0 Å². The molecule has 2 aromatic carbocycles. The molecule has 0 aromatic heterocycles. The molecule has 0 radical (unpaired) electrons. The van der Waals surface area contributed by atoms with E-state index >= 15 is 0 Å². The number of amides is 1. The van der Waals surface area contributed by atoms with Crippen molar-refractivity contribution in [3.05, 3.63) is 58.1 Å². The highest BCUT2D eigenvalue weighted by atomic mass is 35.5. The number of rotatable bonds is 5. The summed E-state index contributed by atoms with van der Waals surface area (Å²) in [6, 6.07) is 9.16. The van der Waals surface area contributed by atoms with Crippen LogP contribution in [0.2, 0.25) is 10.0 Å². The normalized spacial score (nSPS) is 11.6. The van der Waals surface area contributed by atoms with Gasteiger partial charge in [-0.3, -0.25) is 4.79 Å². The van der Waals surface area contributed by atoms with Crippen molar-refractivity contribution in [2.75, 3.05) is 24.3 Å². The standard InChI is InChI=1S/C17H17Cl2N3O3S/c1-22(2)16-7-6-13(26(20,24)25)10-15(16)21-17(23)8-4-11-3-5-12(18)9-14(11)19/h3-10H,1-2H3,(H,21,23)(H2,20,24,25)/b8-4+. The molecule has 0 bridgehead atoms. The number of nitrogens with zero attached hydrogens (tertiary/aromatic N) is 1. The van der Waals surface area contributed by atoms with E-state index in [0.29, 0.717) is 27.0 Å². The first-order valence-electron chi connectivity index (χ1n) is 7.36. The minimum atomic E-state index is -3.89.